The molecule has 1 aliphatic heterocycles. The van der Waals surface area contributed by atoms with Gasteiger partial charge in [-0.2, -0.15) is 0 Å². The fourth-order valence-corrected chi connectivity index (χ4v) is 9.89. The number of hydrogen-bond donors (Lipinski definition) is 3. The number of hydrogen-bond acceptors (Lipinski definition) is 11. The lowest BCUT2D eigenvalue weighted by Gasteiger charge is -2.59. The number of carbonyl (C=O) groups excluding carboxylic acids is 2. The lowest BCUT2D eigenvalue weighted by molar-refractivity contribution is -0.256. The Morgan fingerprint density at radius 1 is 0.912 bits per heavy atom. The van der Waals surface area contributed by atoms with E-state index < -0.39 is 35.8 Å². The first-order valence-electron chi connectivity index (χ1n) is 23.8. The third kappa shape index (κ3) is 12.3. The molecule has 362 valence electrons. The lowest BCUT2D eigenvalue weighted by atomic mass is 9.55. The molecule has 0 spiro atoms. The Bertz CT molecular complexity index is 2310. The van der Waals surface area contributed by atoms with Crippen LogP contribution in [0.4, 0.5) is 14.0 Å². The number of aliphatic hydroxyl groups is 2. The van der Waals surface area contributed by atoms with Gasteiger partial charge in [0.05, 0.1) is 31.5 Å². The predicted octanol–water partition coefficient (Wildman–Crippen LogP) is 9.62. The van der Waals surface area contributed by atoms with Crippen LogP contribution in [0.3, 0.4) is 0 Å². The van der Waals surface area contributed by atoms with Crippen molar-refractivity contribution in [3.8, 4) is 11.5 Å². The number of unbranched alkanes of at least 4 members (excludes halogenated alkanes) is 2. The Labute approximate surface area is 398 Å². The number of halogens is 1. The number of rotatable bonds is 24. The standard InChI is InChI=1S/C54H64FN3O10/c1-3-29-65-54-49(58(36-39-21-23-42(55)24-22-39)53(62)64-31-30-63-37-40-17-9-6-10-18-40)34-47(57-66-4-2)45-32-41(19-11-13-27-59)44(20-12-14-28-60)50(51(45)54)46-33-43(25-26-48(46)68-54)67-52(61)56-35-38-15-7-5-8-16-38/h3,5-10,15-18,21-26,32-33,41,44,49-51,59-60H,1,4,11-14,19-20,27-31,34-37H2,2H3,(H,56,61). The molecule has 0 saturated heterocycles. The molecule has 0 bridgehead atoms. The summed E-state index contributed by atoms with van der Waals surface area (Å²) in [5.74, 6) is -2.30. The second-order valence-electron chi connectivity index (χ2n) is 17.3. The average molecular weight is 934 g/mol. The summed E-state index contributed by atoms with van der Waals surface area (Å²) in [6.45, 7) is 6.98. The van der Waals surface area contributed by atoms with Gasteiger partial charge in [-0.05, 0) is 97.0 Å². The molecule has 1 heterocycles. The molecule has 68 heavy (non-hydrogen) atoms. The van der Waals surface area contributed by atoms with Gasteiger partial charge in [-0.3, -0.25) is 4.90 Å². The molecule has 6 unspecified atom stereocenters. The van der Waals surface area contributed by atoms with Gasteiger partial charge >= 0.3 is 12.2 Å². The van der Waals surface area contributed by atoms with Crippen molar-refractivity contribution in [1.29, 1.82) is 0 Å². The molecule has 1 saturated carbocycles. The summed E-state index contributed by atoms with van der Waals surface area (Å²) in [5, 5.41) is 27.5. The molecule has 3 aliphatic rings. The number of oxime groups is 1. The molecule has 4 aromatic carbocycles. The van der Waals surface area contributed by atoms with E-state index in [1.807, 2.05) is 73.7 Å². The van der Waals surface area contributed by atoms with Crippen LogP contribution in [0, 0.1) is 23.6 Å². The highest BCUT2D eigenvalue weighted by molar-refractivity contribution is 6.03. The van der Waals surface area contributed by atoms with E-state index >= 15 is 0 Å². The highest BCUT2D eigenvalue weighted by Crippen LogP contribution is 2.62. The minimum absolute atomic E-state index is 0.00297. The number of nitrogens with one attached hydrogen (secondary N) is 1. The van der Waals surface area contributed by atoms with Crippen molar-refractivity contribution in [2.24, 2.45) is 22.9 Å². The lowest BCUT2D eigenvalue weighted by Crippen LogP contribution is -2.70. The van der Waals surface area contributed by atoms with E-state index in [1.165, 1.54) is 12.1 Å². The molecule has 2 amide bonds. The van der Waals surface area contributed by atoms with Crippen LogP contribution in [0.1, 0.15) is 80.0 Å². The van der Waals surface area contributed by atoms with E-state index in [9.17, 15) is 24.2 Å². The molecule has 6 atom stereocenters. The largest absolute Gasteiger partial charge is 0.459 e. The number of allylic oxidation sites excluding steroid dienone is 1. The van der Waals surface area contributed by atoms with Crippen molar-refractivity contribution >= 4 is 17.9 Å². The minimum atomic E-state index is -1.59. The smallest absolute Gasteiger partial charge is 0.412 e. The Hall–Kier alpha value is -6.06. The summed E-state index contributed by atoms with van der Waals surface area (Å²) in [7, 11) is 0. The van der Waals surface area contributed by atoms with Gasteiger partial charge in [-0.1, -0.05) is 103 Å². The number of aliphatic hydroxyl groups excluding tert-OH is 2. The van der Waals surface area contributed by atoms with Crippen molar-refractivity contribution in [1.82, 2.24) is 10.2 Å². The Morgan fingerprint density at radius 3 is 2.34 bits per heavy atom. The van der Waals surface area contributed by atoms with Crippen LogP contribution >= 0.6 is 0 Å². The quantitative estimate of drug-likeness (QED) is 0.0351. The Morgan fingerprint density at radius 2 is 1.63 bits per heavy atom. The van der Waals surface area contributed by atoms with Crippen molar-refractivity contribution in [3.63, 3.8) is 0 Å². The summed E-state index contributed by atoms with van der Waals surface area (Å²) in [5.41, 5.74) is 4.78. The molecule has 13 nitrogen and oxygen atoms in total. The summed E-state index contributed by atoms with van der Waals surface area (Å²) in [6.07, 6.45) is 6.90. The molecule has 0 aromatic heterocycles. The zero-order valence-corrected chi connectivity index (χ0v) is 38.8. The van der Waals surface area contributed by atoms with Crippen LogP contribution in [0.5, 0.6) is 11.5 Å². The van der Waals surface area contributed by atoms with Gasteiger partial charge in [-0.15, -0.1) is 6.58 Å². The fraction of sp³-hybridized carbons (Fsp3) is 0.426. The molecule has 7 rings (SSSR count). The van der Waals surface area contributed by atoms with E-state index in [2.05, 4.69) is 18.0 Å². The fourth-order valence-electron chi connectivity index (χ4n) is 9.89. The zero-order chi connectivity index (χ0) is 47.7. The molecule has 2 aliphatic carbocycles. The van der Waals surface area contributed by atoms with E-state index in [0.29, 0.717) is 48.6 Å². The zero-order valence-electron chi connectivity index (χ0n) is 38.8. The van der Waals surface area contributed by atoms with Crippen molar-refractivity contribution in [2.75, 3.05) is 39.6 Å². The maximum Gasteiger partial charge on any atom is 0.412 e. The third-order valence-corrected chi connectivity index (χ3v) is 12.9. The van der Waals surface area contributed by atoms with Gasteiger partial charge in [0.25, 0.3) is 0 Å². The van der Waals surface area contributed by atoms with E-state index in [0.717, 1.165) is 41.5 Å². The number of carbonyl (C=O) groups is 2. The maximum absolute atomic E-state index is 14.8. The molecule has 1 fully saturated rings. The maximum atomic E-state index is 14.8. The first-order chi connectivity index (χ1) is 33.3. The second kappa shape index (κ2) is 24.8. The van der Waals surface area contributed by atoms with Crippen LogP contribution in [-0.4, -0.2) is 84.5 Å². The van der Waals surface area contributed by atoms with Crippen LogP contribution in [0.15, 0.2) is 133 Å². The first kappa shape index (κ1) is 49.8. The molecule has 4 aromatic rings. The van der Waals surface area contributed by atoms with Crippen LogP contribution < -0.4 is 14.8 Å². The number of nitrogens with zero attached hydrogens (tertiary/aromatic N) is 2. The highest BCUT2D eigenvalue weighted by Gasteiger charge is 2.65. The average Bonchev–Trinajstić information content (AvgIpc) is 3.36. The summed E-state index contributed by atoms with van der Waals surface area (Å²) in [6, 6.07) is 29.6. The van der Waals surface area contributed by atoms with Crippen LogP contribution in [-0.2, 0) is 38.7 Å². The summed E-state index contributed by atoms with van der Waals surface area (Å²) in [4.78, 5) is 35.6. The topological polar surface area (TPSA) is 158 Å². The number of fused-ring (bicyclic) bond motifs is 2. The van der Waals surface area contributed by atoms with Crippen molar-refractivity contribution < 1.29 is 52.7 Å². The summed E-state index contributed by atoms with van der Waals surface area (Å²) < 4.78 is 46.6. The third-order valence-electron chi connectivity index (χ3n) is 12.9. The monoisotopic (exact) mass is 933 g/mol. The molecular weight excluding hydrogens is 870 g/mol. The number of amides is 2. The van der Waals surface area contributed by atoms with E-state index in [4.69, 9.17) is 33.7 Å². The van der Waals surface area contributed by atoms with E-state index in [1.54, 1.807) is 35.2 Å². The normalized spacial score (nSPS) is 21.9. The molecular formula is C54H64FN3O10. The number of benzene rings is 4. The van der Waals surface area contributed by atoms with Crippen molar-refractivity contribution in [3.05, 3.63) is 156 Å². The Kier molecular flexibility index (Phi) is 18.2. The van der Waals surface area contributed by atoms with Gasteiger partial charge in [0.15, 0.2) is 0 Å². The van der Waals surface area contributed by atoms with Gasteiger partial charge in [-0.25, -0.2) is 14.0 Å². The van der Waals surface area contributed by atoms with Crippen LogP contribution in [0.2, 0.25) is 0 Å². The molecule has 3 N–H and O–H groups in total. The molecule has 14 heteroatoms. The predicted molar refractivity (Wildman–Crippen MR) is 255 cm³/mol. The van der Waals surface area contributed by atoms with Crippen molar-refractivity contribution in [2.45, 2.75) is 89.3 Å². The van der Waals surface area contributed by atoms with E-state index in [-0.39, 0.29) is 76.9 Å². The van der Waals surface area contributed by atoms with Gasteiger partial charge < -0.3 is 44.1 Å². The highest BCUT2D eigenvalue weighted by atomic mass is 19.1. The second-order valence-corrected chi connectivity index (χ2v) is 17.3. The first-order valence-corrected chi connectivity index (χ1v) is 23.8. The summed E-state index contributed by atoms with van der Waals surface area (Å²) >= 11 is 0. The number of ether oxygens (including phenoxy) is 5. The Balaban J connectivity index is 1.34. The minimum Gasteiger partial charge on any atom is -0.459 e. The molecule has 0 radical (unpaired) electrons. The van der Waals surface area contributed by atoms with Crippen LogP contribution in [0.25, 0.3) is 0 Å². The van der Waals surface area contributed by atoms with Gasteiger partial charge in [0.2, 0.25) is 5.79 Å². The SMILES string of the molecule is C=CCOC12Oc3ccc(OC(=O)NCc4ccccc4)cc3C3C(CCCCO)C(CCCCO)C=C(C(=NOCC)CC1N(Cc1ccc(F)cc1)C(=O)OCCOCc1ccccc1)C32. The van der Waals surface area contributed by atoms with Gasteiger partial charge in [0, 0.05) is 44.2 Å². The van der Waals surface area contributed by atoms with Gasteiger partial charge in [0.1, 0.15) is 36.6 Å².